The molecule has 1 aromatic heterocycles. The van der Waals surface area contributed by atoms with Crippen LogP contribution in [0.1, 0.15) is 50.3 Å². The third-order valence-corrected chi connectivity index (χ3v) is 4.15. The highest BCUT2D eigenvalue weighted by Gasteiger charge is 2.25. The zero-order valence-corrected chi connectivity index (χ0v) is 11.9. The number of aryl methyl sites for hydroxylation is 2. The predicted octanol–water partition coefficient (Wildman–Crippen LogP) is 2.35. The van der Waals surface area contributed by atoms with Crippen molar-refractivity contribution >= 4 is 5.82 Å². The van der Waals surface area contributed by atoms with E-state index in [-0.39, 0.29) is 0 Å². The molecule has 0 aromatic carbocycles. The van der Waals surface area contributed by atoms with Crippen molar-refractivity contribution in [1.82, 2.24) is 9.78 Å². The lowest BCUT2D eigenvalue weighted by atomic mass is 9.94. The monoisotopic (exact) mass is 250 g/mol. The molecule has 0 radical (unpaired) electrons. The number of rotatable bonds is 4. The van der Waals surface area contributed by atoms with Gasteiger partial charge < -0.3 is 10.6 Å². The number of nitrogens with two attached hydrogens (primary N) is 1. The van der Waals surface area contributed by atoms with Gasteiger partial charge in [-0.25, -0.2) is 0 Å². The molecule has 2 rings (SSSR count). The van der Waals surface area contributed by atoms with Crippen molar-refractivity contribution in [3.05, 3.63) is 11.3 Å². The van der Waals surface area contributed by atoms with Gasteiger partial charge in [0, 0.05) is 31.7 Å². The van der Waals surface area contributed by atoms with Gasteiger partial charge in [-0.2, -0.15) is 5.10 Å². The molecule has 1 aromatic rings. The van der Waals surface area contributed by atoms with Crippen LogP contribution in [-0.2, 0) is 13.6 Å². The first-order valence-electron chi connectivity index (χ1n) is 7.18. The molecule has 0 amide bonds. The maximum atomic E-state index is 5.91. The number of anilines is 1. The largest absolute Gasteiger partial charge is 0.354 e. The zero-order chi connectivity index (χ0) is 13.1. The first-order valence-corrected chi connectivity index (χ1v) is 7.18. The molecule has 4 heteroatoms. The lowest BCUT2D eigenvalue weighted by Gasteiger charge is -2.35. The summed E-state index contributed by atoms with van der Waals surface area (Å²) < 4.78 is 2.01. The van der Waals surface area contributed by atoms with Crippen LogP contribution in [0, 0.1) is 6.92 Å². The fourth-order valence-corrected chi connectivity index (χ4v) is 3.26. The minimum absolute atomic E-state index is 0.582. The van der Waals surface area contributed by atoms with Crippen molar-refractivity contribution in [1.29, 1.82) is 0 Å². The third kappa shape index (κ3) is 2.39. The average molecular weight is 250 g/mol. The van der Waals surface area contributed by atoms with E-state index in [1.165, 1.54) is 43.5 Å². The molecule has 1 heterocycles. The highest BCUT2D eigenvalue weighted by Crippen LogP contribution is 2.30. The molecule has 0 unspecified atom stereocenters. The Kier molecular flexibility index (Phi) is 4.27. The van der Waals surface area contributed by atoms with Gasteiger partial charge >= 0.3 is 0 Å². The minimum atomic E-state index is 0.582. The van der Waals surface area contributed by atoms with Crippen LogP contribution in [0.4, 0.5) is 5.82 Å². The smallest absolute Gasteiger partial charge is 0.131 e. The Morgan fingerprint density at radius 1 is 1.33 bits per heavy atom. The highest BCUT2D eigenvalue weighted by molar-refractivity contribution is 5.51. The second kappa shape index (κ2) is 5.74. The van der Waals surface area contributed by atoms with Crippen molar-refractivity contribution in [2.24, 2.45) is 12.8 Å². The fraction of sp³-hybridized carbons (Fsp3) is 0.786. The van der Waals surface area contributed by atoms with Gasteiger partial charge in [-0.05, 0) is 26.7 Å². The highest BCUT2D eigenvalue weighted by atomic mass is 15.4. The van der Waals surface area contributed by atoms with Crippen LogP contribution in [0.5, 0.6) is 0 Å². The average Bonchev–Trinajstić information content (AvgIpc) is 2.66. The maximum Gasteiger partial charge on any atom is 0.131 e. The van der Waals surface area contributed by atoms with Crippen molar-refractivity contribution in [2.45, 2.75) is 58.5 Å². The summed E-state index contributed by atoms with van der Waals surface area (Å²) >= 11 is 0. The topological polar surface area (TPSA) is 47.1 Å². The Labute approximate surface area is 110 Å². The van der Waals surface area contributed by atoms with Crippen LogP contribution < -0.4 is 10.6 Å². The molecule has 2 N–H and O–H groups in total. The molecule has 102 valence electrons. The van der Waals surface area contributed by atoms with Crippen LogP contribution in [0.3, 0.4) is 0 Å². The Morgan fingerprint density at radius 3 is 2.56 bits per heavy atom. The van der Waals surface area contributed by atoms with Gasteiger partial charge in [-0.1, -0.05) is 19.3 Å². The molecule has 18 heavy (non-hydrogen) atoms. The Balaban J connectivity index is 2.31. The second-order valence-corrected chi connectivity index (χ2v) is 5.29. The van der Waals surface area contributed by atoms with Crippen LogP contribution in [0.2, 0.25) is 0 Å². The summed E-state index contributed by atoms with van der Waals surface area (Å²) in [6.45, 7) is 5.91. The minimum Gasteiger partial charge on any atom is -0.354 e. The fourth-order valence-electron chi connectivity index (χ4n) is 3.26. The van der Waals surface area contributed by atoms with E-state index in [1.807, 2.05) is 11.7 Å². The Bertz CT molecular complexity index is 391. The molecule has 4 nitrogen and oxygen atoms in total. The Morgan fingerprint density at radius 2 is 2.00 bits per heavy atom. The predicted molar refractivity (Wildman–Crippen MR) is 75.7 cm³/mol. The molecular formula is C14H26N4. The van der Waals surface area contributed by atoms with Gasteiger partial charge in [-0.15, -0.1) is 0 Å². The number of nitrogens with zero attached hydrogens (tertiary/aromatic N) is 3. The lowest BCUT2D eigenvalue weighted by Crippen LogP contribution is -2.38. The zero-order valence-electron chi connectivity index (χ0n) is 11.9. The van der Waals surface area contributed by atoms with E-state index in [2.05, 4.69) is 23.8 Å². The molecule has 1 aliphatic carbocycles. The first kappa shape index (κ1) is 13.4. The molecule has 1 fully saturated rings. The molecule has 0 atom stereocenters. The SMILES string of the molecule is CCN(c1c(CN)c(C)nn1C)C1CCCCC1. The molecule has 0 spiro atoms. The first-order chi connectivity index (χ1) is 8.69. The van der Waals surface area contributed by atoms with Gasteiger partial charge in [0.1, 0.15) is 5.82 Å². The van der Waals surface area contributed by atoms with Crippen LogP contribution >= 0.6 is 0 Å². The number of hydrogen-bond acceptors (Lipinski definition) is 3. The second-order valence-electron chi connectivity index (χ2n) is 5.29. The maximum absolute atomic E-state index is 5.91. The summed E-state index contributed by atoms with van der Waals surface area (Å²) in [5.74, 6) is 1.24. The van der Waals surface area contributed by atoms with Gasteiger partial charge in [0.25, 0.3) is 0 Å². The summed E-state index contributed by atoms with van der Waals surface area (Å²) in [5.41, 5.74) is 8.19. The van der Waals surface area contributed by atoms with E-state index in [0.717, 1.165) is 12.2 Å². The molecule has 1 aliphatic rings. The van der Waals surface area contributed by atoms with E-state index in [0.29, 0.717) is 12.6 Å². The molecular weight excluding hydrogens is 224 g/mol. The van der Waals surface area contributed by atoms with E-state index in [1.54, 1.807) is 0 Å². The van der Waals surface area contributed by atoms with Gasteiger partial charge in [0.2, 0.25) is 0 Å². The quantitative estimate of drug-likeness (QED) is 0.892. The van der Waals surface area contributed by atoms with E-state index in [9.17, 15) is 0 Å². The van der Waals surface area contributed by atoms with Crippen LogP contribution in [-0.4, -0.2) is 22.4 Å². The van der Waals surface area contributed by atoms with Crippen molar-refractivity contribution in [2.75, 3.05) is 11.4 Å². The summed E-state index contributed by atoms with van der Waals surface area (Å²) in [7, 11) is 2.03. The van der Waals surface area contributed by atoms with Gasteiger partial charge in [-0.3, -0.25) is 4.68 Å². The third-order valence-electron chi connectivity index (χ3n) is 4.15. The normalized spacial score (nSPS) is 17.1. The summed E-state index contributed by atoms with van der Waals surface area (Å²) in [5, 5.41) is 4.54. The number of aromatic nitrogens is 2. The van der Waals surface area contributed by atoms with Crippen molar-refractivity contribution < 1.29 is 0 Å². The van der Waals surface area contributed by atoms with Crippen molar-refractivity contribution in [3.8, 4) is 0 Å². The van der Waals surface area contributed by atoms with E-state index in [4.69, 9.17) is 5.73 Å². The van der Waals surface area contributed by atoms with Gasteiger partial charge in [0.15, 0.2) is 0 Å². The molecule has 0 saturated heterocycles. The lowest BCUT2D eigenvalue weighted by molar-refractivity contribution is 0.412. The molecule has 0 bridgehead atoms. The number of hydrogen-bond donors (Lipinski definition) is 1. The van der Waals surface area contributed by atoms with Crippen LogP contribution in [0.25, 0.3) is 0 Å². The van der Waals surface area contributed by atoms with E-state index < -0.39 is 0 Å². The van der Waals surface area contributed by atoms with Gasteiger partial charge in [0.05, 0.1) is 5.69 Å². The molecule has 0 aliphatic heterocycles. The van der Waals surface area contributed by atoms with Crippen LogP contribution in [0.15, 0.2) is 0 Å². The summed E-state index contributed by atoms with van der Waals surface area (Å²) in [4.78, 5) is 2.52. The summed E-state index contributed by atoms with van der Waals surface area (Å²) in [6, 6.07) is 0.670. The molecule has 1 saturated carbocycles. The standard InChI is InChI=1S/C14H26N4/c1-4-18(12-8-6-5-7-9-12)14-13(10-15)11(2)16-17(14)3/h12H,4-10,15H2,1-3H3. The summed E-state index contributed by atoms with van der Waals surface area (Å²) in [6.07, 6.45) is 6.72. The Hall–Kier alpha value is -1.03. The van der Waals surface area contributed by atoms with E-state index >= 15 is 0 Å². The van der Waals surface area contributed by atoms with Crippen molar-refractivity contribution in [3.63, 3.8) is 0 Å².